The number of hydrogen-bond donors (Lipinski definition) is 0. The van der Waals surface area contributed by atoms with Gasteiger partial charge in [0.25, 0.3) is 0 Å². The maximum atomic E-state index is 6.37. The molecule has 104 valence electrons. The Bertz CT molecular complexity index is 1040. The van der Waals surface area contributed by atoms with Crippen LogP contribution in [0.2, 0.25) is 0 Å². The maximum Gasteiger partial charge on any atom is 0.132 e. The summed E-state index contributed by atoms with van der Waals surface area (Å²) in [6, 6.07) is 13.4. The highest BCUT2D eigenvalue weighted by molar-refractivity contribution is 6.17. The Morgan fingerprint density at radius 1 is 0.818 bits per heavy atom. The van der Waals surface area contributed by atoms with Crippen molar-refractivity contribution >= 4 is 21.5 Å². The van der Waals surface area contributed by atoms with Crippen LogP contribution in [0.25, 0.3) is 21.5 Å². The minimum Gasteiger partial charge on any atom is -0.484 e. The molecule has 2 aliphatic carbocycles. The van der Waals surface area contributed by atoms with Gasteiger partial charge in [-0.3, -0.25) is 0 Å². The SMILES string of the molecule is C1=CC2Oc3c(c4cccc5c4c4c(cccc34)C5)C2C=C1. The quantitative estimate of drug-likeness (QED) is 0.418. The number of ether oxygens (including phenoxy) is 1. The molecule has 6 rings (SSSR count). The second-order valence-electron chi connectivity index (χ2n) is 6.48. The molecule has 2 unspecified atom stereocenters. The van der Waals surface area contributed by atoms with Gasteiger partial charge in [0.2, 0.25) is 0 Å². The summed E-state index contributed by atoms with van der Waals surface area (Å²) in [5.74, 6) is 1.46. The van der Waals surface area contributed by atoms with E-state index in [0.717, 1.165) is 12.2 Å². The van der Waals surface area contributed by atoms with E-state index in [-0.39, 0.29) is 6.10 Å². The third-order valence-corrected chi connectivity index (χ3v) is 5.38. The fourth-order valence-corrected chi connectivity index (χ4v) is 4.53. The minimum atomic E-state index is 0.153. The van der Waals surface area contributed by atoms with E-state index >= 15 is 0 Å². The first kappa shape index (κ1) is 11.1. The molecule has 22 heavy (non-hydrogen) atoms. The van der Waals surface area contributed by atoms with Gasteiger partial charge >= 0.3 is 0 Å². The fourth-order valence-electron chi connectivity index (χ4n) is 4.53. The third-order valence-electron chi connectivity index (χ3n) is 5.38. The highest BCUT2D eigenvalue weighted by Crippen LogP contribution is 2.52. The fraction of sp³-hybridized carbons (Fsp3) is 0.143. The molecule has 1 aliphatic heterocycles. The van der Waals surface area contributed by atoms with E-state index < -0.39 is 0 Å². The van der Waals surface area contributed by atoms with Crippen molar-refractivity contribution in [3.05, 3.63) is 77.4 Å². The predicted octanol–water partition coefficient (Wildman–Crippen LogP) is 4.87. The van der Waals surface area contributed by atoms with Gasteiger partial charge < -0.3 is 4.74 Å². The Balaban J connectivity index is 1.87. The van der Waals surface area contributed by atoms with Crippen molar-refractivity contribution in [2.24, 2.45) is 0 Å². The lowest BCUT2D eigenvalue weighted by molar-refractivity contribution is 0.271. The van der Waals surface area contributed by atoms with E-state index in [1.807, 2.05) is 0 Å². The van der Waals surface area contributed by atoms with E-state index in [2.05, 4.69) is 60.7 Å². The van der Waals surface area contributed by atoms with Crippen molar-refractivity contribution in [1.82, 2.24) is 0 Å². The first-order chi connectivity index (χ1) is 10.9. The smallest absolute Gasteiger partial charge is 0.132 e. The van der Waals surface area contributed by atoms with Crippen LogP contribution in [-0.4, -0.2) is 6.10 Å². The zero-order chi connectivity index (χ0) is 14.3. The van der Waals surface area contributed by atoms with Crippen molar-refractivity contribution in [3.63, 3.8) is 0 Å². The summed E-state index contributed by atoms with van der Waals surface area (Å²) < 4.78 is 6.37. The highest BCUT2D eigenvalue weighted by atomic mass is 16.5. The van der Waals surface area contributed by atoms with Crippen LogP contribution in [0.15, 0.2) is 60.7 Å². The predicted molar refractivity (Wildman–Crippen MR) is 89.7 cm³/mol. The highest BCUT2D eigenvalue weighted by Gasteiger charge is 2.36. The Morgan fingerprint density at radius 3 is 2.41 bits per heavy atom. The monoisotopic (exact) mass is 282 g/mol. The van der Waals surface area contributed by atoms with Crippen molar-refractivity contribution in [1.29, 1.82) is 0 Å². The molecule has 0 radical (unpaired) electrons. The van der Waals surface area contributed by atoms with Crippen LogP contribution in [0.4, 0.5) is 0 Å². The zero-order valence-electron chi connectivity index (χ0n) is 12.0. The molecular weight excluding hydrogens is 268 g/mol. The Hall–Kier alpha value is -2.54. The number of hydrogen-bond acceptors (Lipinski definition) is 1. The summed E-state index contributed by atoms with van der Waals surface area (Å²) in [6.45, 7) is 0. The summed E-state index contributed by atoms with van der Waals surface area (Å²) in [5.41, 5.74) is 4.29. The molecule has 1 nitrogen and oxygen atoms in total. The molecule has 0 saturated heterocycles. The van der Waals surface area contributed by atoms with Gasteiger partial charge in [-0.2, -0.15) is 0 Å². The maximum absolute atomic E-state index is 6.37. The summed E-state index contributed by atoms with van der Waals surface area (Å²) in [4.78, 5) is 0. The van der Waals surface area contributed by atoms with Crippen molar-refractivity contribution in [2.45, 2.75) is 18.4 Å². The molecule has 3 aromatic carbocycles. The van der Waals surface area contributed by atoms with Crippen LogP contribution >= 0.6 is 0 Å². The van der Waals surface area contributed by atoms with Crippen LogP contribution in [0.3, 0.4) is 0 Å². The zero-order valence-corrected chi connectivity index (χ0v) is 12.0. The van der Waals surface area contributed by atoms with Gasteiger partial charge in [-0.25, -0.2) is 0 Å². The van der Waals surface area contributed by atoms with Gasteiger partial charge in [0, 0.05) is 16.9 Å². The molecular formula is C21H14O. The summed E-state index contributed by atoms with van der Waals surface area (Å²) in [7, 11) is 0. The van der Waals surface area contributed by atoms with E-state index in [1.165, 1.54) is 38.2 Å². The van der Waals surface area contributed by atoms with Gasteiger partial charge in [-0.15, -0.1) is 0 Å². The first-order valence-electron chi connectivity index (χ1n) is 7.92. The molecule has 0 aromatic heterocycles. The largest absolute Gasteiger partial charge is 0.484 e. The van der Waals surface area contributed by atoms with Crippen molar-refractivity contribution in [3.8, 4) is 5.75 Å². The Kier molecular flexibility index (Phi) is 1.82. The van der Waals surface area contributed by atoms with Crippen molar-refractivity contribution < 1.29 is 4.74 Å². The molecule has 0 fully saturated rings. The summed E-state index contributed by atoms with van der Waals surface area (Å²) in [6.07, 6.45) is 9.92. The standard InChI is InChI=1S/C21H14O/c1-2-10-17-14(7-1)20-15-8-3-5-12-11-13-6-4-9-16(21(20)22-17)19(13)18(12)15/h1-10,14,17H,11H2. The van der Waals surface area contributed by atoms with E-state index in [9.17, 15) is 0 Å². The summed E-state index contributed by atoms with van der Waals surface area (Å²) in [5, 5.41) is 5.55. The number of fused-ring (bicyclic) bond motifs is 5. The van der Waals surface area contributed by atoms with Crippen LogP contribution in [0, 0.1) is 0 Å². The van der Waals surface area contributed by atoms with Gasteiger partial charge in [-0.05, 0) is 39.8 Å². The lowest BCUT2D eigenvalue weighted by Crippen LogP contribution is -2.15. The molecule has 0 bridgehead atoms. The second kappa shape index (κ2) is 3.61. The normalized spacial score (nSPS) is 23.3. The van der Waals surface area contributed by atoms with E-state index in [0.29, 0.717) is 5.92 Å². The molecule has 1 heteroatoms. The summed E-state index contributed by atoms with van der Waals surface area (Å²) >= 11 is 0. The Labute approximate surface area is 128 Å². The average Bonchev–Trinajstić information content (AvgIpc) is 3.13. The van der Waals surface area contributed by atoms with Gasteiger partial charge in [0.05, 0.1) is 0 Å². The minimum absolute atomic E-state index is 0.153. The second-order valence-corrected chi connectivity index (χ2v) is 6.48. The van der Waals surface area contributed by atoms with Gasteiger partial charge in [-0.1, -0.05) is 54.6 Å². The first-order valence-corrected chi connectivity index (χ1v) is 7.92. The van der Waals surface area contributed by atoms with Crippen LogP contribution in [-0.2, 0) is 6.42 Å². The molecule has 3 aliphatic rings. The van der Waals surface area contributed by atoms with Crippen molar-refractivity contribution in [2.75, 3.05) is 0 Å². The topological polar surface area (TPSA) is 9.23 Å². The van der Waals surface area contributed by atoms with Crippen LogP contribution in [0.1, 0.15) is 22.6 Å². The molecule has 3 aromatic rings. The van der Waals surface area contributed by atoms with Gasteiger partial charge in [0.15, 0.2) is 0 Å². The lowest BCUT2D eigenvalue weighted by Gasteiger charge is -2.15. The van der Waals surface area contributed by atoms with Gasteiger partial charge in [0.1, 0.15) is 11.9 Å². The molecule has 0 N–H and O–H groups in total. The molecule has 0 amide bonds. The lowest BCUT2D eigenvalue weighted by atomic mass is 9.86. The third kappa shape index (κ3) is 1.14. The van der Waals surface area contributed by atoms with E-state index in [1.54, 1.807) is 0 Å². The number of rotatable bonds is 0. The van der Waals surface area contributed by atoms with Crippen LogP contribution in [0.5, 0.6) is 5.75 Å². The average molecular weight is 282 g/mol. The number of allylic oxidation sites excluding steroid dienone is 2. The Morgan fingerprint density at radius 2 is 1.55 bits per heavy atom. The molecule has 2 atom stereocenters. The number of benzene rings is 3. The van der Waals surface area contributed by atoms with E-state index in [4.69, 9.17) is 4.74 Å². The molecule has 0 spiro atoms. The van der Waals surface area contributed by atoms with Crippen LogP contribution < -0.4 is 4.74 Å². The molecule has 0 saturated carbocycles. The molecule has 1 heterocycles.